The fourth-order valence-corrected chi connectivity index (χ4v) is 1.70. The third kappa shape index (κ3) is 2.12. The molecule has 0 radical (unpaired) electrons. The average Bonchev–Trinajstić information content (AvgIpc) is 2.63. The maximum absolute atomic E-state index is 4.03. The van der Waals surface area contributed by atoms with Crippen LogP contribution in [0.5, 0.6) is 0 Å². The molecule has 1 fully saturated rings. The molecule has 0 aromatic carbocycles. The Hall–Kier alpha value is -1.33. The van der Waals surface area contributed by atoms with Crippen molar-refractivity contribution >= 4 is 0 Å². The fraction of sp³-hybridized carbons (Fsp3) is 0.417. The third-order valence-electron chi connectivity index (χ3n) is 2.57. The number of aromatic nitrogens is 1. The van der Waals surface area contributed by atoms with Crippen molar-refractivity contribution in [2.24, 2.45) is 0 Å². The fourth-order valence-electron chi connectivity index (χ4n) is 1.70. The summed E-state index contributed by atoms with van der Waals surface area (Å²) < 4.78 is 0. The van der Waals surface area contributed by atoms with Crippen LogP contribution in [0.2, 0.25) is 0 Å². The van der Waals surface area contributed by atoms with Gasteiger partial charge in [0, 0.05) is 18.0 Å². The molecule has 72 valence electrons. The summed E-state index contributed by atoms with van der Waals surface area (Å²) in [5.41, 5.74) is 1.01. The Balaban J connectivity index is 2.07. The van der Waals surface area contributed by atoms with Crippen LogP contribution in [-0.2, 0) is 0 Å². The van der Waals surface area contributed by atoms with Crippen LogP contribution in [0, 0.1) is 11.8 Å². The molecule has 2 rings (SSSR count). The molecule has 0 amide bonds. The van der Waals surface area contributed by atoms with Gasteiger partial charge in [-0.2, -0.15) is 0 Å². The first-order chi connectivity index (χ1) is 6.86. The Morgan fingerprint density at radius 3 is 3.14 bits per heavy atom. The lowest BCUT2D eigenvalue weighted by atomic mass is 10.2. The quantitative estimate of drug-likeness (QED) is 0.571. The Morgan fingerprint density at radius 2 is 2.50 bits per heavy atom. The van der Waals surface area contributed by atoms with Crippen LogP contribution in [0.1, 0.15) is 18.4 Å². The highest BCUT2D eigenvalue weighted by Crippen LogP contribution is 2.13. The SMILES string of the molecule is CN1CCCC1C#Cc1cccnc1. The largest absolute Gasteiger partial charge is 0.293 e. The maximum Gasteiger partial charge on any atom is 0.0716 e. The van der Waals surface area contributed by atoms with Crippen molar-refractivity contribution in [3.05, 3.63) is 30.1 Å². The van der Waals surface area contributed by atoms with Crippen molar-refractivity contribution in [3.8, 4) is 11.8 Å². The van der Waals surface area contributed by atoms with Gasteiger partial charge in [-0.05, 0) is 38.6 Å². The van der Waals surface area contributed by atoms with E-state index in [-0.39, 0.29) is 0 Å². The van der Waals surface area contributed by atoms with Gasteiger partial charge < -0.3 is 0 Å². The van der Waals surface area contributed by atoms with E-state index in [4.69, 9.17) is 0 Å². The minimum absolute atomic E-state index is 0.440. The second-order valence-electron chi connectivity index (χ2n) is 3.65. The summed E-state index contributed by atoms with van der Waals surface area (Å²) in [7, 11) is 2.13. The molecule has 0 N–H and O–H groups in total. The van der Waals surface area contributed by atoms with Crippen LogP contribution in [-0.4, -0.2) is 29.5 Å². The van der Waals surface area contributed by atoms with E-state index in [2.05, 4.69) is 28.8 Å². The first-order valence-corrected chi connectivity index (χ1v) is 4.98. The predicted molar refractivity (Wildman–Crippen MR) is 56.8 cm³/mol. The van der Waals surface area contributed by atoms with Gasteiger partial charge in [-0.25, -0.2) is 0 Å². The Kier molecular flexibility index (Phi) is 2.81. The Morgan fingerprint density at radius 1 is 1.57 bits per heavy atom. The molecule has 2 heterocycles. The predicted octanol–water partition coefficient (Wildman–Crippen LogP) is 1.53. The van der Waals surface area contributed by atoms with Gasteiger partial charge >= 0.3 is 0 Å². The standard InChI is InChI=1S/C12H14N2/c1-14-9-3-5-12(14)7-6-11-4-2-8-13-10-11/h2,4,8,10,12H,3,5,9H2,1H3. The summed E-state index contributed by atoms with van der Waals surface area (Å²) in [6.45, 7) is 1.17. The van der Waals surface area contributed by atoms with Crippen molar-refractivity contribution < 1.29 is 0 Å². The highest BCUT2D eigenvalue weighted by Gasteiger charge is 2.17. The first kappa shape index (κ1) is 9.23. The van der Waals surface area contributed by atoms with Crippen LogP contribution in [0.4, 0.5) is 0 Å². The normalized spacial score (nSPS) is 21.6. The lowest BCUT2D eigenvalue weighted by Gasteiger charge is -2.11. The summed E-state index contributed by atoms with van der Waals surface area (Å²) in [4.78, 5) is 6.34. The molecule has 0 aliphatic carbocycles. The topological polar surface area (TPSA) is 16.1 Å². The van der Waals surface area contributed by atoms with Gasteiger partial charge in [0.25, 0.3) is 0 Å². The van der Waals surface area contributed by atoms with Gasteiger partial charge in [0.2, 0.25) is 0 Å². The monoisotopic (exact) mass is 186 g/mol. The molecular weight excluding hydrogens is 172 g/mol. The minimum Gasteiger partial charge on any atom is -0.293 e. The molecule has 1 aliphatic rings. The van der Waals surface area contributed by atoms with Gasteiger partial charge in [0.1, 0.15) is 0 Å². The summed E-state index contributed by atoms with van der Waals surface area (Å²) in [6, 6.07) is 4.35. The van der Waals surface area contributed by atoms with E-state index in [0.29, 0.717) is 6.04 Å². The van der Waals surface area contributed by atoms with E-state index in [0.717, 1.165) is 5.56 Å². The molecular formula is C12H14N2. The van der Waals surface area contributed by atoms with E-state index in [1.54, 1.807) is 6.20 Å². The summed E-state index contributed by atoms with van der Waals surface area (Å²) >= 11 is 0. The van der Waals surface area contributed by atoms with E-state index in [1.807, 2.05) is 18.3 Å². The number of hydrogen-bond donors (Lipinski definition) is 0. The Bertz CT molecular complexity index is 348. The molecule has 1 atom stereocenters. The van der Waals surface area contributed by atoms with Crippen molar-refractivity contribution in [1.82, 2.24) is 9.88 Å². The molecule has 1 unspecified atom stereocenters. The molecule has 0 saturated carbocycles. The third-order valence-corrected chi connectivity index (χ3v) is 2.57. The molecule has 2 heteroatoms. The number of hydrogen-bond acceptors (Lipinski definition) is 2. The summed E-state index contributed by atoms with van der Waals surface area (Å²) in [6.07, 6.45) is 6.04. The van der Waals surface area contributed by atoms with E-state index >= 15 is 0 Å². The van der Waals surface area contributed by atoms with Crippen LogP contribution < -0.4 is 0 Å². The van der Waals surface area contributed by atoms with Crippen molar-refractivity contribution in [2.75, 3.05) is 13.6 Å². The van der Waals surface area contributed by atoms with Crippen molar-refractivity contribution in [3.63, 3.8) is 0 Å². The molecule has 14 heavy (non-hydrogen) atoms. The number of likely N-dealkylation sites (tertiary alicyclic amines) is 1. The number of pyridine rings is 1. The van der Waals surface area contributed by atoms with Crippen LogP contribution in [0.15, 0.2) is 24.5 Å². The van der Waals surface area contributed by atoms with Gasteiger partial charge in [0.05, 0.1) is 6.04 Å². The summed E-state index contributed by atoms with van der Waals surface area (Å²) in [5.74, 6) is 6.45. The maximum atomic E-state index is 4.03. The molecule has 1 saturated heterocycles. The average molecular weight is 186 g/mol. The van der Waals surface area contributed by atoms with Crippen LogP contribution >= 0.6 is 0 Å². The van der Waals surface area contributed by atoms with Gasteiger partial charge in [-0.3, -0.25) is 9.88 Å². The van der Waals surface area contributed by atoms with Gasteiger partial charge in [-0.15, -0.1) is 0 Å². The molecule has 0 bridgehead atoms. The van der Waals surface area contributed by atoms with Crippen LogP contribution in [0.25, 0.3) is 0 Å². The molecule has 0 spiro atoms. The zero-order chi connectivity index (χ0) is 9.80. The molecule has 1 aromatic heterocycles. The summed E-state index contributed by atoms with van der Waals surface area (Å²) in [5, 5.41) is 0. The number of nitrogens with zero attached hydrogens (tertiary/aromatic N) is 2. The molecule has 2 nitrogen and oxygen atoms in total. The smallest absolute Gasteiger partial charge is 0.0716 e. The van der Waals surface area contributed by atoms with E-state index in [9.17, 15) is 0 Å². The lowest BCUT2D eigenvalue weighted by molar-refractivity contribution is 0.365. The second kappa shape index (κ2) is 4.26. The van der Waals surface area contributed by atoms with Crippen LogP contribution in [0.3, 0.4) is 0 Å². The molecule has 1 aromatic rings. The zero-order valence-electron chi connectivity index (χ0n) is 8.40. The van der Waals surface area contributed by atoms with E-state index < -0.39 is 0 Å². The van der Waals surface area contributed by atoms with Crippen molar-refractivity contribution in [1.29, 1.82) is 0 Å². The highest BCUT2D eigenvalue weighted by molar-refractivity contribution is 5.32. The zero-order valence-corrected chi connectivity index (χ0v) is 8.40. The van der Waals surface area contributed by atoms with Crippen molar-refractivity contribution in [2.45, 2.75) is 18.9 Å². The van der Waals surface area contributed by atoms with Gasteiger partial charge in [-0.1, -0.05) is 11.8 Å². The first-order valence-electron chi connectivity index (χ1n) is 4.98. The lowest BCUT2D eigenvalue weighted by Crippen LogP contribution is -2.22. The minimum atomic E-state index is 0.440. The second-order valence-corrected chi connectivity index (χ2v) is 3.65. The van der Waals surface area contributed by atoms with E-state index in [1.165, 1.54) is 19.4 Å². The Labute approximate surface area is 85.0 Å². The molecule has 1 aliphatic heterocycles. The number of rotatable bonds is 0. The van der Waals surface area contributed by atoms with Gasteiger partial charge in [0.15, 0.2) is 0 Å². The highest BCUT2D eigenvalue weighted by atomic mass is 15.1.